The van der Waals surface area contributed by atoms with Crippen molar-refractivity contribution in [3.05, 3.63) is 0 Å². The molecule has 1 aliphatic rings. The predicted molar refractivity (Wildman–Crippen MR) is 59.7 cm³/mol. The molecule has 0 saturated carbocycles. The molecule has 1 fully saturated rings. The van der Waals surface area contributed by atoms with E-state index in [0.717, 1.165) is 0 Å². The number of carbonyl (C=O) groups is 1. The second-order valence-electron chi connectivity index (χ2n) is 3.71. The lowest BCUT2D eigenvalue weighted by molar-refractivity contribution is -0.134. The van der Waals surface area contributed by atoms with E-state index in [1.807, 2.05) is 6.92 Å². The monoisotopic (exact) mass is 253 g/mol. The van der Waals surface area contributed by atoms with E-state index in [4.69, 9.17) is 11.6 Å². The number of hydrogen-bond acceptors (Lipinski definition) is 3. The number of rotatable bonds is 4. The molecule has 1 rings (SSSR count). The third-order valence-corrected chi connectivity index (χ3v) is 4.57. The number of halogens is 1. The van der Waals surface area contributed by atoms with Gasteiger partial charge in [-0.25, -0.2) is 8.42 Å². The fourth-order valence-corrected chi connectivity index (χ4v) is 3.71. The molecule has 1 unspecified atom stereocenters. The Labute approximate surface area is 95.5 Å². The zero-order valence-electron chi connectivity index (χ0n) is 8.78. The van der Waals surface area contributed by atoms with Gasteiger partial charge < -0.3 is 4.90 Å². The zero-order chi connectivity index (χ0) is 11.5. The van der Waals surface area contributed by atoms with Crippen LogP contribution in [0.2, 0.25) is 0 Å². The molecule has 1 heterocycles. The Bertz CT molecular complexity index is 328. The molecule has 0 N–H and O–H groups in total. The van der Waals surface area contributed by atoms with E-state index in [0.29, 0.717) is 25.4 Å². The van der Waals surface area contributed by atoms with Gasteiger partial charge in [-0.15, -0.1) is 11.6 Å². The van der Waals surface area contributed by atoms with E-state index in [9.17, 15) is 13.2 Å². The summed E-state index contributed by atoms with van der Waals surface area (Å²) in [5.74, 6) is 0.114. The summed E-state index contributed by atoms with van der Waals surface area (Å²) in [5.41, 5.74) is 0. The second kappa shape index (κ2) is 5.16. The van der Waals surface area contributed by atoms with Gasteiger partial charge in [0.2, 0.25) is 5.91 Å². The lowest BCUT2D eigenvalue weighted by Gasteiger charge is -2.22. The van der Waals surface area contributed by atoms with Gasteiger partial charge in [-0.1, -0.05) is 0 Å². The minimum atomic E-state index is -2.98. The first-order chi connectivity index (χ1) is 7.00. The first kappa shape index (κ1) is 12.8. The molecule has 0 aromatic rings. The summed E-state index contributed by atoms with van der Waals surface area (Å²) in [4.78, 5) is 13.5. The van der Waals surface area contributed by atoms with Crippen molar-refractivity contribution >= 4 is 27.3 Å². The quantitative estimate of drug-likeness (QED) is 0.686. The first-order valence-electron chi connectivity index (χ1n) is 5.05. The molecule has 0 radical (unpaired) electrons. The normalized spacial score (nSPS) is 24.0. The molecule has 88 valence electrons. The molecule has 0 aromatic carbocycles. The van der Waals surface area contributed by atoms with Crippen molar-refractivity contribution in [2.24, 2.45) is 5.92 Å². The SMILES string of the molecule is CCN(CCCl)C(=O)C1CCS(=O)(=O)C1. The third-order valence-electron chi connectivity index (χ3n) is 2.63. The summed E-state index contributed by atoms with van der Waals surface area (Å²) in [5, 5.41) is 0. The maximum absolute atomic E-state index is 11.9. The van der Waals surface area contributed by atoms with Crippen LogP contribution in [0.3, 0.4) is 0 Å². The lowest BCUT2D eigenvalue weighted by Crippen LogP contribution is -2.37. The Balaban J connectivity index is 2.61. The molecule has 1 aliphatic heterocycles. The molecule has 1 saturated heterocycles. The summed E-state index contributed by atoms with van der Waals surface area (Å²) >= 11 is 5.57. The molecule has 1 amide bonds. The average molecular weight is 254 g/mol. The van der Waals surface area contributed by atoms with Crippen molar-refractivity contribution in [3.63, 3.8) is 0 Å². The molecule has 1 atom stereocenters. The van der Waals surface area contributed by atoms with E-state index >= 15 is 0 Å². The van der Waals surface area contributed by atoms with Gasteiger partial charge in [-0.3, -0.25) is 4.79 Å². The highest BCUT2D eigenvalue weighted by molar-refractivity contribution is 7.91. The number of carbonyl (C=O) groups excluding carboxylic acids is 1. The molecule has 0 spiro atoms. The molecule has 0 aromatic heterocycles. The maximum atomic E-state index is 11.9. The second-order valence-corrected chi connectivity index (χ2v) is 6.31. The molecular formula is C9H16ClNO3S. The number of sulfone groups is 1. The molecule has 6 heteroatoms. The summed E-state index contributed by atoms with van der Waals surface area (Å²) in [6.07, 6.45) is 0.458. The predicted octanol–water partition coefficient (Wildman–Crippen LogP) is 0.508. The van der Waals surface area contributed by atoms with E-state index in [1.165, 1.54) is 0 Å². The summed E-state index contributed by atoms with van der Waals surface area (Å²) < 4.78 is 22.4. The van der Waals surface area contributed by atoms with Crippen LogP contribution in [0.15, 0.2) is 0 Å². The van der Waals surface area contributed by atoms with Crippen LogP contribution in [0.25, 0.3) is 0 Å². The summed E-state index contributed by atoms with van der Waals surface area (Å²) in [6, 6.07) is 0. The first-order valence-corrected chi connectivity index (χ1v) is 7.41. The zero-order valence-corrected chi connectivity index (χ0v) is 10.4. The molecule has 4 nitrogen and oxygen atoms in total. The van der Waals surface area contributed by atoms with Gasteiger partial charge >= 0.3 is 0 Å². The highest BCUT2D eigenvalue weighted by Crippen LogP contribution is 2.20. The van der Waals surface area contributed by atoms with Crippen molar-refractivity contribution in [2.45, 2.75) is 13.3 Å². The van der Waals surface area contributed by atoms with Gasteiger partial charge in [0, 0.05) is 19.0 Å². The van der Waals surface area contributed by atoms with Crippen LogP contribution in [0.4, 0.5) is 0 Å². The largest absolute Gasteiger partial charge is 0.342 e. The average Bonchev–Trinajstić information content (AvgIpc) is 2.54. The van der Waals surface area contributed by atoms with Gasteiger partial charge in [0.1, 0.15) is 0 Å². The summed E-state index contributed by atoms with van der Waals surface area (Å²) in [7, 11) is -2.98. The van der Waals surface area contributed by atoms with Crippen LogP contribution in [-0.4, -0.2) is 49.7 Å². The molecular weight excluding hydrogens is 238 g/mol. The highest BCUT2D eigenvalue weighted by Gasteiger charge is 2.34. The van der Waals surface area contributed by atoms with E-state index in [-0.39, 0.29) is 23.3 Å². The van der Waals surface area contributed by atoms with E-state index < -0.39 is 9.84 Å². The topological polar surface area (TPSA) is 54.5 Å². The summed E-state index contributed by atoms with van der Waals surface area (Å²) in [6.45, 7) is 2.95. The van der Waals surface area contributed by atoms with Crippen LogP contribution in [-0.2, 0) is 14.6 Å². The Hall–Kier alpha value is -0.290. The molecule has 0 bridgehead atoms. The highest BCUT2D eigenvalue weighted by atomic mass is 35.5. The van der Waals surface area contributed by atoms with Crippen LogP contribution in [0.1, 0.15) is 13.3 Å². The third kappa shape index (κ3) is 3.34. The van der Waals surface area contributed by atoms with Crippen LogP contribution < -0.4 is 0 Å². The Morgan fingerprint density at radius 3 is 2.60 bits per heavy atom. The molecule has 15 heavy (non-hydrogen) atoms. The van der Waals surface area contributed by atoms with Crippen LogP contribution in [0, 0.1) is 5.92 Å². The van der Waals surface area contributed by atoms with Crippen molar-refractivity contribution < 1.29 is 13.2 Å². The minimum Gasteiger partial charge on any atom is -0.342 e. The van der Waals surface area contributed by atoms with Crippen molar-refractivity contribution in [1.82, 2.24) is 4.90 Å². The van der Waals surface area contributed by atoms with Crippen molar-refractivity contribution in [1.29, 1.82) is 0 Å². The van der Waals surface area contributed by atoms with Gasteiger partial charge in [-0.05, 0) is 13.3 Å². The molecule has 0 aliphatic carbocycles. The standard InChI is InChI=1S/C9H16ClNO3S/c1-2-11(5-4-10)9(12)8-3-6-15(13,14)7-8/h8H,2-7H2,1H3. The number of hydrogen-bond donors (Lipinski definition) is 0. The van der Waals surface area contributed by atoms with Gasteiger partial charge in [0.05, 0.1) is 17.4 Å². The van der Waals surface area contributed by atoms with Crippen LogP contribution in [0.5, 0.6) is 0 Å². The Morgan fingerprint density at radius 1 is 1.53 bits per heavy atom. The smallest absolute Gasteiger partial charge is 0.226 e. The van der Waals surface area contributed by atoms with E-state index in [1.54, 1.807) is 4.90 Å². The number of alkyl halides is 1. The van der Waals surface area contributed by atoms with E-state index in [2.05, 4.69) is 0 Å². The van der Waals surface area contributed by atoms with Crippen molar-refractivity contribution in [2.75, 3.05) is 30.5 Å². The number of nitrogens with zero attached hydrogens (tertiary/aromatic N) is 1. The fourth-order valence-electron chi connectivity index (χ4n) is 1.77. The fraction of sp³-hybridized carbons (Fsp3) is 0.889. The Morgan fingerprint density at radius 2 is 2.20 bits per heavy atom. The van der Waals surface area contributed by atoms with Gasteiger partial charge in [-0.2, -0.15) is 0 Å². The van der Waals surface area contributed by atoms with Gasteiger partial charge in [0.25, 0.3) is 0 Å². The maximum Gasteiger partial charge on any atom is 0.226 e. The minimum absolute atomic E-state index is 0.00458. The Kier molecular flexibility index (Phi) is 4.40. The van der Waals surface area contributed by atoms with Gasteiger partial charge in [0.15, 0.2) is 9.84 Å². The van der Waals surface area contributed by atoms with Crippen LogP contribution >= 0.6 is 11.6 Å². The lowest BCUT2D eigenvalue weighted by atomic mass is 10.1. The van der Waals surface area contributed by atoms with Crippen molar-refractivity contribution in [3.8, 4) is 0 Å². The number of amides is 1.